The van der Waals surface area contributed by atoms with Crippen molar-refractivity contribution in [2.24, 2.45) is 0 Å². The van der Waals surface area contributed by atoms with Crippen LogP contribution in [0.1, 0.15) is 12.8 Å². The molecule has 2 aliphatic rings. The van der Waals surface area contributed by atoms with Crippen LogP contribution in [-0.2, 0) is 10.0 Å². The molecule has 0 amide bonds. The molecule has 3 rings (SSSR count). The van der Waals surface area contributed by atoms with Gasteiger partial charge in [0.25, 0.3) is 0 Å². The highest BCUT2D eigenvalue weighted by Gasteiger charge is 2.36. The van der Waals surface area contributed by atoms with E-state index in [0.29, 0.717) is 32.2 Å². The second-order valence-electron chi connectivity index (χ2n) is 5.82. The smallest absolute Gasteiger partial charge is 0.244 e. The fraction of sp³-hybridized carbons (Fsp3) is 0.571. The van der Waals surface area contributed by atoms with Crippen LogP contribution < -0.4 is 0 Å². The Labute approximate surface area is 134 Å². The third kappa shape index (κ3) is 3.00. The Morgan fingerprint density at radius 1 is 1.23 bits per heavy atom. The lowest BCUT2D eigenvalue weighted by Gasteiger charge is -2.45. The summed E-state index contributed by atoms with van der Waals surface area (Å²) >= 11 is 5.88. The molecule has 5 nitrogen and oxygen atoms in total. The summed E-state index contributed by atoms with van der Waals surface area (Å²) in [4.78, 5) is 2.13. The molecule has 122 valence electrons. The van der Waals surface area contributed by atoms with Gasteiger partial charge in [0.05, 0.1) is 11.1 Å². The van der Waals surface area contributed by atoms with Crippen molar-refractivity contribution in [3.63, 3.8) is 0 Å². The van der Waals surface area contributed by atoms with Crippen LogP contribution in [-0.4, -0.2) is 61.1 Å². The Balaban J connectivity index is 1.69. The molecule has 2 heterocycles. The maximum absolute atomic E-state index is 13.1. The summed E-state index contributed by atoms with van der Waals surface area (Å²) in [5.41, 5.74) is 0. The molecule has 0 radical (unpaired) electrons. The number of piperidine rings is 1. The predicted octanol–water partition coefficient (Wildman–Crippen LogP) is 1.31. The summed E-state index contributed by atoms with van der Waals surface area (Å²) < 4.78 is 39.7. The molecule has 1 aromatic carbocycles. The number of hydrogen-bond acceptors (Lipinski definition) is 4. The van der Waals surface area contributed by atoms with Crippen LogP contribution in [0, 0.1) is 5.82 Å². The molecule has 1 aromatic rings. The number of nitrogens with zero attached hydrogens (tertiary/aromatic N) is 2. The van der Waals surface area contributed by atoms with Crippen molar-refractivity contribution < 1.29 is 17.9 Å². The molecule has 22 heavy (non-hydrogen) atoms. The average molecular weight is 349 g/mol. The molecule has 0 aliphatic carbocycles. The normalized spacial score (nSPS) is 22.7. The van der Waals surface area contributed by atoms with Crippen molar-refractivity contribution in [2.75, 3.05) is 26.2 Å². The Hall–Kier alpha value is -0.730. The number of aliphatic hydroxyl groups excluding tert-OH is 1. The van der Waals surface area contributed by atoms with Gasteiger partial charge in [-0.3, -0.25) is 4.90 Å². The number of aliphatic hydroxyl groups is 1. The lowest BCUT2D eigenvalue weighted by molar-refractivity contribution is -0.0353. The van der Waals surface area contributed by atoms with E-state index in [1.54, 1.807) is 0 Å². The van der Waals surface area contributed by atoms with Crippen LogP contribution in [0.3, 0.4) is 0 Å². The van der Waals surface area contributed by atoms with Crippen LogP contribution in [0.5, 0.6) is 0 Å². The number of rotatable bonds is 3. The molecule has 2 saturated heterocycles. The Morgan fingerprint density at radius 2 is 1.86 bits per heavy atom. The summed E-state index contributed by atoms with van der Waals surface area (Å²) in [7, 11) is -3.69. The van der Waals surface area contributed by atoms with Crippen LogP contribution in [0.25, 0.3) is 0 Å². The summed E-state index contributed by atoms with van der Waals surface area (Å²) in [5.74, 6) is -0.556. The molecule has 0 spiro atoms. The van der Waals surface area contributed by atoms with E-state index in [-0.39, 0.29) is 16.0 Å². The lowest BCUT2D eigenvalue weighted by Crippen LogP contribution is -2.58. The second kappa shape index (κ2) is 6.05. The first-order valence-electron chi connectivity index (χ1n) is 7.25. The van der Waals surface area contributed by atoms with Crippen molar-refractivity contribution in [3.05, 3.63) is 29.0 Å². The highest BCUT2D eigenvalue weighted by Crippen LogP contribution is 2.29. The molecule has 0 atom stereocenters. The molecule has 0 saturated carbocycles. The Bertz CT molecular complexity index is 656. The van der Waals surface area contributed by atoms with Gasteiger partial charge in [0.15, 0.2) is 0 Å². The fourth-order valence-electron chi connectivity index (χ4n) is 3.06. The van der Waals surface area contributed by atoms with E-state index in [1.807, 2.05) is 0 Å². The standard InChI is InChI=1S/C14H18ClFN2O3S/c15-13-7-10(16)1-2-14(13)22(20,21)18-5-3-11(4-6-18)17-8-12(19)9-17/h1-2,7,11-12,19H,3-6,8-9H2. The molecular formula is C14H18ClFN2O3S. The molecule has 2 fully saturated rings. The number of sulfonamides is 1. The number of β-amino-alcohol motifs (C(OH)–C–C–N with tert-alkyl or cyclic N) is 1. The number of benzene rings is 1. The van der Waals surface area contributed by atoms with Crippen molar-refractivity contribution in [3.8, 4) is 0 Å². The third-order valence-electron chi connectivity index (χ3n) is 4.34. The minimum Gasteiger partial charge on any atom is -0.390 e. The highest BCUT2D eigenvalue weighted by atomic mass is 35.5. The van der Waals surface area contributed by atoms with Crippen molar-refractivity contribution in [1.82, 2.24) is 9.21 Å². The quantitative estimate of drug-likeness (QED) is 0.894. The topological polar surface area (TPSA) is 60.9 Å². The van der Waals surface area contributed by atoms with Crippen molar-refractivity contribution in [1.29, 1.82) is 0 Å². The van der Waals surface area contributed by atoms with E-state index in [1.165, 1.54) is 10.4 Å². The lowest BCUT2D eigenvalue weighted by atomic mass is 10.00. The molecule has 2 aliphatic heterocycles. The monoisotopic (exact) mass is 348 g/mol. The van der Waals surface area contributed by atoms with Crippen LogP contribution >= 0.6 is 11.6 Å². The van der Waals surface area contributed by atoms with E-state index in [4.69, 9.17) is 11.6 Å². The summed E-state index contributed by atoms with van der Waals surface area (Å²) in [5, 5.41) is 9.25. The third-order valence-corrected chi connectivity index (χ3v) is 6.72. The van der Waals surface area contributed by atoms with Gasteiger partial charge in [-0.05, 0) is 31.0 Å². The zero-order valence-corrected chi connectivity index (χ0v) is 13.5. The zero-order valence-electron chi connectivity index (χ0n) is 12.0. The van der Waals surface area contributed by atoms with E-state index in [0.717, 1.165) is 25.0 Å². The molecular weight excluding hydrogens is 331 g/mol. The van der Waals surface area contributed by atoms with Gasteiger partial charge in [-0.2, -0.15) is 4.31 Å². The van der Waals surface area contributed by atoms with Gasteiger partial charge in [0.1, 0.15) is 10.7 Å². The summed E-state index contributed by atoms with van der Waals surface area (Å²) in [6.07, 6.45) is 1.20. The van der Waals surface area contributed by atoms with Gasteiger partial charge in [0.2, 0.25) is 10.0 Å². The minimum absolute atomic E-state index is 0.0478. The number of halogens is 2. The van der Waals surface area contributed by atoms with Gasteiger partial charge in [-0.1, -0.05) is 11.6 Å². The first kappa shape index (κ1) is 16.1. The van der Waals surface area contributed by atoms with E-state index in [2.05, 4.69) is 4.90 Å². The van der Waals surface area contributed by atoms with Crippen molar-refractivity contribution >= 4 is 21.6 Å². The molecule has 0 aromatic heterocycles. The average Bonchev–Trinajstić information content (AvgIpc) is 2.44. The van der Waals surface area contributed by atoms with Crippen LogP contribution in [0.15, 0.2) is 23.1 Å². The van der Waals surface area contributed by atoms with E-state index >= 15 is 0 Å². The number of likely N-dealkylation sites (tertiary alicyclic amines) is 1. The maximum atomic E-state index is 13.1. The Kier molecular flexibility index (Phi) is 4.44. The summed E-state index contributed by atoms with van der Waals surface area (Å²) in [6, 6.07) is 3.65. The zero-order chi connectivity index (χ0) is 15.9. The molecule has 0 unspecified atom stereocenters. The van der Waals surface area contributed by atoms with Gasteiger partial charge in [-0.25, -0.2) is 12.8 Å². The molecule has 1 N–H and O–H groups in total. The highest BCUT2D eigenvalue weighted by molar-refractivity contribution is 7.89. The molecule has 0 bridgehead atoms. The number of hydrogen-bond donors (Lipinski definition) is 1. The minimum atomic E-state index is -3.69. The van der Waals surface area contributed by atoms with Gasteiger partial charge in [0, 0.05) is 32.2 Å². The van der Waals surface area contributed by atoms with Crippen molar-refractivity contribution in [2.45, 2.75) is 29.9 Å². The van der Waals surface area contributed by atoms with Gasteiger partial charge < -0.3 is 5.11 Å². The van der Waals surface area contributed by atoms with E-state index < -0.39 is 15.8 Å². The first-order chi connectivity index (χ1) is 10.4. The van der Waals surface area contributed by atoms with Crippen LogP contribution in [0.2, 0.25) is 5.02 Å². The first-order valence-corrected chi connectivity index (χ1v) is 9.07. The maximum Gasteiger partial charge on any atom is 0.244 e. The largest absolute Gasteiger partial charge is 0.390 e. The van der Waals surface area contributed by atoms with E-state index in [9.17, 15) is 17.9 Å². The fourth-order valence-corrected chi connectivity index (χ4v) is 5.03. The SMILES string of the molecule is O=S(=O)(c1ccc(F)cc1Cl)N1CCC(N2CC(O)C2)CC1. The second-order valence-corrected chi connectivity index (χ2v) is 8.13. The van der Waals surface area contributed by atoms with Gasteiger partial charge in [-0.15, -0.1) is 0 Å². The van der Waals surface area contributed by atoms with Crippen LogP contribution in [0.4, 0.5) is 4.39 Å². The summed E-state index contributed by atoms with van der Waals surface area (Å²) in [6.45, 7) is 2.16. The predicted molar refractivity (Wildman–Crippen MR) is 80.8 cm³/mol. The Morgan fingerprint density at radius 3 is 2.41 bits per heavy atom. The molecule has 8 heteroatoms. The van der Waals surface area contributed by atoms with Gasteiger partial charge >= 0.3 is 0 Å².